The van der Waals surface area contributed by atoms with Crippen LogP contribution in [0.4, 0.5) is 10.5 Å². The van der Waals surface area contributed by atoms with E-state index in [0.29, 0.717) is 23.8 Å². The lowest BCUT2D eigenvalue weighted by atomic mass is 10.3. The largest absolute Gasteiger partial charge is 0.495 e. The summed E-state index contributed by atoms with van der Waals surface area (Å²) in [6.45, 7) is 0.341. The molecule has 0 saturated heterocycles. The molecule has 1 aromatic heterocycles. The van der Waals surface area contributed by atoms with E-state index in [0.717, 1.165) is 0 Å². The molecule has 0 aliphatic rings. The van der Waals surface area contributed by atoms with Gasteiger partial charge >= 0.3 is 6.03 Å². The van der Waals surface area contributed by atoms with Crippen LogP contribution in [0.2, 0.25) is 0 Å². The second-order valence-corrected chi connectivity index (χ2v) is 3.54. The molecule has 2 aromatic rings. The average molecular weight is 246 g/mol. The zero-order chi connectivity index (χ0) is 12.8. The molecule has 3 N–H and O–H groups in total. The first kappa shape index (κ1) is 12.0. The number of imidazole rings is 1. The van der Waals surface area contributed by atoms with Gasteiger partial charge in [-0.05, 0) is 12.1 Å². The highest BCUT2D eigenvalue weighted by Crippen LogP contribution is 2.22. The number of H-pyrrole nitrogens is 1. The minimum Gasteiger partial charge on any atom is -0.495 e. The molecular weight excluding hydrogens is 232 g/mol. The molecule has 0 aliphatic carbocycles. The van der Waals surface area contributed by atoms with Gasteiger partial charge in [-0.2, -0.15) is 0 Å². The predicted octanol–water partition coefficient (Wildman–Crippen LogP) is 1.74. The molecule has 0 unspecified atom stereocenters. The van der Waals surface area contributed by atoms with Crippen LogP contribution in [0.5, 0.6) is 5.75 Å². The number of amides is 2. The Balaban J connectivity index is 1.90. The fraction of sp³-hybridized carbons (Fsp3) is 0.167. The van der Waals surface area contributed by atoms with Crippen molar-refractivity contribution in [2.45, 2.75) is 6.54 Å². The Morgan fingerprint density at radius 3 is 3.00 bits per heavy atom. The zero-order valence-corrected chi connectivity index (χ0v) is 9.93. The molecule has 18 heavy (non-hydrogen) atoms. The molecule has 6 nitrogen and oxygen atoms in total. The van der Waals surface area contributed by atoms with Gasteiger partial charge in [-0.15, -0.1) is 0 Å². The van der Waals surface area contributed by atoms with E-state index in [1.807, 2.05) is 12.1 Å². The first-order valence-electron chi connectivity index (χ1n) is 5.45. The number of carbonyl (C=O) groups excluding carboxylic acids is 1. The fourth-order valence-corrected chi connectivity index (χ4v) is 1.47. The highest BCUT2D eigenvalue weighted by Gasteiger charge is 2.06. The molecule has 0 bridgehead atoms. The monoisotopic (exact) mass is 246 g/mol. The predicted molar refractivity (Wildman–Crippen MR) is 67.4 cm³/mol. The van der Waals surface area contributed by atoms with Gasteiger partial charge in [-0.1, -0.05) is 12.1 Å². The highest BCUT2D eigenvalue weighted by molar-refractivity contribution is 5.90. The van der Waals surface area contributed by atoms with Crippen LogP contribution in [0.3, 0.4) is 0 Å². The van der Waals surface area contributed by atoms with Crippen LogP contribution in [0.1, 0.15) is 5.82 Å². The summed E-state index contributed by atoms with van der Waals surface area (Å²) in [6.07, 6.45) is 3.34. The lowest BCUT2D eigenvalue weighted by Gasteiger charge is -2.10. The lowest BCUT2D eigenvalue weighted by molar-refractivity contribution is 0.251. The number of aromatic nitrogens is 2. The third-order valence-corrected chi connectivity index (χ3v) is 2.33. The quantitative estimate of drug-likeness (QED) is 0.768. The first-order valence-corrected chi connectivity index (χ1v) is 5.45. The van der Waals surface area contributed by atoms with E-state index in [9.17, 15) is 4.79 Å². The molecular formula is C12H14N4O2. The summed E-state index contributed by atoms with van der Waals surface area (Å²) >= 11 is 0. The van der Waals surface area contributed by atoms with Gasteiger partial charge in [0.1, 0.15) is 11.6 Å². The Hall–Kier alpha value is -2.50. The van der Waals surface area contributed by atoms with Crippen LogP contribution in [0, 0.1) is 0 Å². The van der Waals surface area contributed by atoms with Gasteiger partial charge in [0.15, 0.2) is 0 Å². The van der Waals surface area contributed by atoms with Crippen molar-refractivity contribution in [1.82, 2.24) is 15.3 Å². The maximum atomic E-state index is 11.7. The van der Waals surface area contributed by atoms with Crippen LogP contribution in [0.15, 0.2) is 36.7 Å². The number of nitrogens with one attached hydrogen (secondary N) is 3. The molecule has 2 amide bonds. The average Bonchev–Trinajstić information content (AvgIpc) is 2.90. The zero-order valence-electron chi connectivity index (χ0n) is 9.93. The van der Waals surface area contributed by atoms with E-state index in [1.165, 1.54) is 0 Å². The van der Waals surface area contributed by atoms with E-state index < -0.39 is 0 Å². The smallest absolute Gasteiger partial charge is 0.319 e. The van der Waals surface area contributed by atoms with Crippen molar-refractivity contribution in [3.05, 3.63) is 42.5 Å². The fourth-order valence-electron chi connectivity index (χ4n) is 1.47. The number of hydrogen-bond donors (Lipinski definition) is 3. The van der Waals surface area contributed by atoms with Crippen molar-refractivity contribution >= 4 is 11.7 Å². The van der Waals surface area contributed by atoms with Crippen molar-refractivity contribution in [3.63, 3.8) is 0 Å². The number of carbonyl (C=O) groups is 1. The Morgan fingerprint density at radius 1 is 1.44 bits per heavy atom. The molecule has 0 fully saturated rings. The molecule has 94 valence electrons. The van der Waals surface area contributed by atoms with Gasteiger partial charge < -0.3 is 20.4 Å². The minimum absolute atomic E-state index is 0.309. The Bertz CT molecular complexity index is 511. The van der Waals surface area contributed by atoms with E-state index in [2.05, 4.69) is 20.6 Å². The van der Waals surface area contributed by atoms with Crippen LogP contribution < -0.4 is 15.4 Å². The standard InChI is InChI=1S/C12H14N4O2/c1-18-10-5-3-2-4-9(10)16-12(17)15-8-11-13-6-7-14-11/h2-7H,8H2,1H3,(H,13,14)(H2,15,16,17). The molecule has 1 heterocycles. The lowest BCUT2D eigenvalue weighted by Crippen LogP contribution is -2.28. The number of aromatic amines is 1. The van der Waals surface area contributed by atoms with Crippen LogP contribution >= 0.6 is 0 Å². The third-order valence-electron chi connectivity index (χ3n) is 2.33. The Kier molecular flexibility index (Phi) is 3.80. The van der Waals surface area contributed by atoms with E-state index in [-0.39, 0.29) is 6.03 Å². The van der Waals surface area contributed by atoms with Gasteiger partial charge in [0.05, 0.1) is 19.3 Å². The Labute approximate surface area is 104 Å². The van der Waals surface area contributed by atoms with Gasteiger partial charge in [0.25, 0.3) is 0 Å². The van der Waals surface area contributed by atoms with Gasteiger partial charge in [-0.25, -0.2) is 9.78 Å². The third kappa shape index (κ3) is 3.00. The van der Waals surface area contributed by atoms with Crippen molar-refractivity contribution in [2.24, 2.45) is 0 Å². The van der Waals surface area contributed by atoms with Gasteiger partial charge in [-0.3, -0.25) is 0 Å². The van der Waals surface area contributed by atoms with E-state index in [1.54, 1.807) is 31.6 Å². The summed E-state index contributed by atoms with van der Waals surface area (Å²) in [5, 5.41) is 5.39. The van der Waals surface area contributed by atoms with Crippen molar-refractivity contribution in [3.8, 4) is 5.75 Å². The number of methoxy groups -OCH3 is 1. The summed E-state index contributed by atoms with van der Waals surface area (Å²) in [4.78, 5) is 18.6. The molecule has 1 aromatic carbocycles. The summed E-state index contributed by atoms with van der Waals surface area (Å²) in [5.74, 6) is 1.32. The number of benzene rings is 1. The van der Waals surface area contributed by atoms with Crippen LogP contribution in [0.25, 0.3) is 0 Å². The molecule has 0 aliphatic heterocycles. The number of nitrogens with zero attached hydrogens (tertiary/aromatic N) is 1. The van der Waals surface area contributed by atoms with Crippen LogP contribution in [-0.4, -0.2) is 23.1 Å². The molecule has 0 spiro atoms. The molecule has 6 heteroatoms. The topological polar surface area (TPSA) is 79.0 Å². The highest BCUT2D eigenvalue weighted by atomic mass is 16.5. The second-order valence-electron chi connectivity index (χ2n) is 3.54. The summed E-state index contributed by atoms with van der Waals surface area (Å²) in [7, 11) is 1.56. The number of rotatable bonds is 4. The number of ether oxygens (including phenoxy) is 1. The summed E-state index contributed by atoms with van der Waals surface area (Å²) in [5.41, 5.74) is 0.622. The Morgan fingerprint density at radius 2 is 2.28 bits per heavy atom. The van der Waals surface area contributed by atoms with E-state index >= 15 is 0 Å². The van der Waals surface area contributed by atoms with Crippen molar-refractivity contribution in [2.75, 3.05) is 12.4 Å². The minimum atomic E-state index is -0.309. The van der Waals surface area contributed by atoms with Gasteiger partial charge in [0.2, 0.25) is 0 Å². The van der Waals surface area contributed by atoms with Crippen LogP contribution in [-0.2, 0) is 6.54 Å². The normalized spacial score (nSPS) is 9.83. The molecule has 2 rings (SSSR count). The maximum Gasteiger partial charge on any atom is 0.319 e. The molecule has 0 radical (unpaired) electrons. The maximum absolute atomic E-state index is 11.7. The molecule has 0 saturated carbocycles. The summed E-state index contributed by atoms with van der Waals surface area (Å²) < 4.78 is 5.14. The first-order chi connectivity index (χ1) is 8.79. The number of para-hydroxylation sites is 2. The van der Waals surface area contributed by atoms with E-state index in [4.69, 9.17) is 4.74 Å². The number of urea groups is 1. The number of anilines is 1. The van der Waals surface area contributed by atoms with Crippen molar-refractivity contribution in [1.29, 1.82) is 0 Å². The summed E-state index contributed by atoms with van der Waals surface area (Å²) in [6, 6.07) is 6.90. The SMILES string of the molecule is COc1ccccc1NC(=O)NCc1ncc[nH]1. The van der Waals surface area contributed by atoms with Crippen molar-refractivity contribution < 1.29 is 9.53 Å². The number of hydrogen-bond acceptors (Lipinski definition) is 3. The van der Waals surface area contributed by atoms with Gasteiger partial charge in [0, 0.05) is 12.4 Å². The molecule has 0 atom stereocenters. The second kappa shape index (κ2) is 5.72.